The van der Waals surface area contributed by atoms with Crippen LogP contribution in [0.5, 0.6) is 0 Å². The summed E-state index contributed by atoms with van der Waals surface area (Å²) in [5.41, 5.74) is -0.397. The average Bonchev–Trinajstić information content (AvgIpc) is 2.27. The number of benzene rings is 2. The smallest absolute Gasteiger partial charge is 0.258 e. The number of rotatable bonds is 2. The predicted octanol–water partition coefficient (Wildman–Crippen LogP) is 2.84. The van der Waals surface area contributed by atoms with Crippen LogP contribution in [-0.2, 0) is 0 Å². The Kier molecular flexibility index (Phi) is 2.47. The van der Waals surface area contributed by atoms with E-state index >= 15 is 0 Å². The Labute approximate surface area is 95.8 Å². The minimum Gasteiger partial charge on any atom is -0.258 e. The molecule has 1 radical (unpaired) electrons. The summed E-state index contributed by atoms with van der Waals surface area (Å²) in [6, 6.07) is 7.37. The van der Waals surface area contributed by atoms with E-state index in [-0.39, 0.29) is 5.39 Å². The first kappa shape index (κ1) is 11.0. The maximum absolute atomic E-state index is 10.9. The number of nitro benzene ring substituents is 2. The summed E-state index contributed by atoms with van der Waals surface area (Å²) in [7, 11) is 0. The van der Waals surface area contributed by atoms with Gasteiger partial charge < -0.3 is 0 Å². The van der Waals surface area contributed by atoms with Crippen molar-refractivity contribution in [1.82, 2.24) is 0 Å². The van der Waals surface area contributed by atoms with Gasteiger partial charge in [-0.2, -0.15) is 0 Å². The molecule has 0 spiro atoms. The van der Waals surface area contributed by atoms with Gasteiger partial charge in [0.1, 0.15) is 0 Å². The molecule has 0 saturated carbocycles. The molecule has 0 unspecified atom stereocenters. The molecule has 0 saturated heterocycles. The molecule has 2 aromatic rings. The molecule has 85 valence electrons. The summed E-state index contributed by atoms with van der Waals surface area (Å²) in [5, 5.41) is 22.5. The van der Waals surface area contributed by atoms with E-state index in [1.54, 1.807) is 12.1 Å². The predicted molar refractivity (Wildman–Crippen MR) is 61.7 cm³/mol. The Balaban J connectivity index is 2.94. The third-order valence-electron chi connectivity index (χ3n) is 2.48. The zero-order valence-corrected chi connectivity index (χ0v) is 8.62. The van der Waals surface area contributed by atoms with E-state index in [4.69, 9.17) is 0 Å². The highest BCUT2D eigenvalue weighted by Crippen LogP contribution is 2.35. The third-order valence-corrected chi connectivity index (χ3v) is 2.48. The van der Waals surface area contributed by atoms with E-state index < -0.39 is 21.2 Å². The number of hydrogen-bond donors (Lipinski definition) is 0. The van der Waals surface area contributed by atoms with Crippen molar-refractivity contribution in [2.24, 2.45) is 0 Å². The molecular weight excluding hydrogens is 224 g/mol. The van der Waals surface area contributed by atoms with E-state index in [9.17, 15) is 20.2 Å². The first-order chi connectivity index (χ1) is 8.02. The van der Waals surface area contributed by atoms with Crippen LogP contribution in [0.2, 0.25) is 0 Å². The Morgan fingerprint density at radius 2 is 1.65 bits per heavy atom. The molecule has 0 aliphatic carbocycles. The lowest BCUT2D eigenvalue weighted by molar-refractivity contribution is -0.421. The zero-order valence-electron chi connectivity index (χ0n) is 8.62. The quantitative estimate of drug-likeness (QED) is 0.587. The van der Waals surface area contributed by atoms with Gasteiger partial charge in [-0.1, -0.05) is 12.1 Å². The molecule has 0 bridgehead atoms. The molecule has 0 aromatic heterocycles. The van der Waals surface area contributed by atoms with Gasteiger partial charge in [0.15, 0.2) is 0 Å². The van der Waals surface area contributed by atoms with Crippen LogP contribution in [-0.4, -0.2) is 9.85 Å². The van der Waals surface area contributed by atoms with Crippen molar-refractivity contribution in [3.63, 3.8) is 0 Å². The minimum atomic E-state index is -0.757. The highest BCUT2D eigenvalue weighted by atomic mass is 16.6. The summed E-state index contributed by atoms with van der Waals surface area (Å²) in [5.74, 6) is 0. The summed E-state index contributed by atoms with van der Waals surface area (Å²) < 4.78 is 0. The second kappa shape index (κ2) is 3.82. The summed E-state index contributed by atoms with van der Waals surface area (Å²) in [4.78, 5) is 20.2. The van der Waals surface area contributed by atoms with Crippen molar-refractivity contribution < 1.29 is 9.85 Å². The fourth-order valence-corrected chi connectivity index (χ4v) is 1.73. The molecule has 17 heavy (non-hydrogen) atoms. The van der Waals surface area contributed by atoms with Gasteiger partial charge in [0, 0.05) is 6.07 Å². The Morgan fingerprint density at radius 3 is 2.24 bits per heavy atom. The van der Waals surface area contributed by atoms with Crippen LogP contribution in [0.1, 0.15) is 5.56 Å². The van der Waals surface area contributed by atoms with Crippen molar-refractivity contribution in [2.75, 3.05) is 0 Å². The van der Waals surface area contributed by atoms with Gasteiger partial charge in [0.05, 0.1) is 15.2 Å². The van der Waals surface area contributed by atoms with Crippen LogP contribution in [0, 0.1) is 27.2 Å². The number of fused-ring (bicyclic) bond motifs is 1. The zero-order chi connectivity index (χ0) is 12.6. The van der Waals surface area contributed by atoms with Crippen molar-refractivity contribution in [1.29, 1.82) is 0 Å². The van der Waals surface area contributed by atoms with E-state index in [1.807, 2.05) is 0 Å². The number of nitrogens with zero attached hydrogens (tertiary/aromatic N) is 2. The van der Waals surface area contributed by atoms with Crippen LogP contribution in [0.15, 0.2) is 30.3 Å². The first-order valence-corrected chi connectivity index (χ1v) is 4.69. The van der Waals surface area contributed by atoms with Crippen molar-refractivity contribution in [3.8, 4) is 0 Å². The minimum absolute atomic E-state index is 0.233. The Bertz CT molecular complexity index is 637. The molecule has 2 rings (SSSR count). The SMILES string of the molecule is [CH2]c1cccc2c([N+](=O)[O-])c([N+](=O)[O-])ccc12. The maximum atomic E-state index is 10.9. The summed E-state index contributed by atoms with van der Waals surface area (Å²) in [6.45, 7) is 3.73. The van der Waals surface area contributed by atoms with Gasteiger partial charge in [0.2, 0.25) is 0 Å². The van der Waals surface area contributed by atoms with Gasteiger partial charge in [0.25, 0.3) is 0 Å². The standard InChI is InChI=1S/C11H7N2O4/c1-7-3-2-4-9-8(7)5-6-10(12(14)15)11(9)13(16)17/h2-6H,1H2. The van der Waals surface area contributed by atoms with Crippen molar-refractivity contribution >= 4 is 22.1 Å². The van der Waals surface area contributed by atoms with Gasteiger partial charge in [-0.25, -0.2) is 0 Å². The number of nitro groups is 2. The summed E-state index contributed by atoms with van der Waals surface area (Å²) in [6.07, 6.45) is 0. The molecular formula is C11H7N2O4. The lowest BCUT2D eigenvalue weighted by atomic mass is 10.0. The molecule has 0 heterocycles. The van der Waals surface area contributed by atoms with Gasteiger partial charge in [-0.15, -0.1) is 0 Å². The first-order valence-electron chi connectivity index (χ1n) is 4.69. The lowest BCUT2D eigenvalue weighted by Gasteiger charge is -2.02. The lowest BCUT2D eigenvalue weighted by Crippen LogP contribution is -1.97. The van der Waals surface area contributed by atoms with E-state index in [2.05, 4.69) is 6.92 Å². The van der Waals surface area contributed by atoms with E-state index in [0.717, 1.165) is 6.07 Å². The van der Waals surface area contributed by atoms with Crippen LogP contribution in [0.3, 0.4) is 0 Å². The molecule has 6 heteroatoms. The molecule has 6 nitrogen and oxygen atoms in total. The Morgan fingerprint density at radius 1 is 0.941 bits per heavy atom. The van der Waals surface area contributed by atoms with Crippen molar-refractivity contribution in [3.05, 3.63) is 63.0 Å². The highest BCUT2D eigenvalue weighted by Gasteiger charge is 2.27. The second-order valence-corrected chi connectivity index (χ2v) is 3.46. The van der Waals surface area contributed by atoms with Gasteiger partial charge in [-0.3, -0.25) is 20.2 Å². The molecule has 0 fully saturated rings. The molecule has 2 aromatic carbocycles. The number of hydrogen-bond acceptors (Lipinski definition) is 4. The normalized spacial score (nSPS) is 10.4. The van der Waals surface area contributed by atoms with Crippen LogP contribution >= 0.6 is 0 Å². The van der Waals surface area contributed by atoms with Crippen LogP contribution in [0.4, 0.5) is 11.4 Å². The largest absolute Gasteiger partial charge is 0.353 e. The average molecular weight is 231 g/mol. The Hall–Kier alpha value is -2.50. The fraction of sp³-hybridized carbons (Fsp3) is 0. The highest BCUT2D eigenvalue weighted by molar-refractivity contribution is 5.97. The monoisotopic (exact) mass is 231 g/mol. The molecule has 0 aliphatic heterocycles. The van der Waals surface area contributed by atoms with Crippen LogP contribution in [0.25, 0.3) is 10.8 Å². The summed E-state index contributed by atoms with van der Waals surface area (Å²) >= 11 is 0. The molecule has 0 N–H and O–H groups in total. The van der Waals surface area contributed by atoms with E-state index in [0.29, 0.717) is 10.9 Å². The van der Waals surface area contributed by atoms with Gasteiger partial charge in [-0.05, 0) is 30.0 Å². The maximum Gasteiger partial charge on any atom is 0.353 e. The van der Waals surface area contributed by atoms with Crippen LogP contribution < -0.4 is 0 Å². The topological polar surface area (TPSA) is 86.3 Å². The van der Waals surface area contributed by atoms with Crippen molar-refractivity contribution in [2.45, 2.75) is 0 Å². The molecule has 0 aliphatic rings. The molecule has 0 amide bonds. The van der Waals surface area contributed by atoms with Gasteiger partial charge >= 0.3 is 11.4 Å². The van der Waals surface area contributed by atoms with E-state index in [1.165, 1.54) is 12.1 Å². The second-order valence-electron chi connectivity index (χ2n) is 3.46. The molecule has 0 atom stereocenters. The third kappa shape index (κ3) is 1.69. The fourth-order valence-electron chi connectivity index (χ4n) is 1.73.